The van der Waals surface area contributed by atoms with Crippen LogP contribution in [0.4, 0.5) is 11.4 Å². The minimum atomic E-state index is -0.140. The van der Waals surface area contributed by atoms with Gasteiger partial charge in [0.2, 0.25) is 0 Å². The molecule has 0 bridgehead atoms. The molecular formula is C23H25N3O. The fraction of sp³-hybridized carbons (Fsp3) is 0.217. The van der Waals surface area contributed by atoms with Gasteiger partial charge >= 0.3 is 0 Å². The number of pyridine rings is 1. The number of hydrogen-bond donors (Lipinski definition) is 2. The van der Waals surface area contributed by atoms with Crippen molar-refractivity contribution in [1.29, 1.82) is 0 Å². The van der Waals surface area contributed by atoms with Crippen LogP contribution in [0, 0.1) is 0 Å². The van der Waals surface area contributed by atoms with E-state index in [0.29, 0.717) is 12.1 Å². The van der Waals surface area contributed by atoms with Crippen molar-refractivity contribution < 1.29 is 4.79 Å². The zero-order valence-corrected chi connectivity index (χ0v) is 16.0. The molecular weight excluding hydrogens is 334 g/mol. The number of carbonyl (C=O) groups excluding carboxylic acids is 1. The van der Waals surface area contributed by atoms with Crippen molar-refractivity contribution in [2.45, 2.75) is 32.7 Å². The lowest BCUT2D eigenvalue weighted by molar-refractivity contribution is 0.0950. The molecule has 0 radical (unpaired) electrons. The Morgan fingerprint density at radius 2 is 1.67 bits per heavy atom. The Morgan fingerprint density at radius 1 is 0.963 bits per heavy atom. The molecule has 0 saturated carbocycles. The average molecular weight is 359 g/mol. The van der Waals surface area contributed by atoms with E-state index in [9.17, 15) is 4.79 Å². The highest BCUT2D eigenvalue weighted by atomic mass is 16.1. The van der Waals surface area contributed by atoms with Crippen LogP contribution in [0.15, 0.2) is 73.1 Å². The number of carbonyl (C=O) groups is 1. The van der Waals surface area contributed by atoms with Crippen LogP contribution in [-0.2, 0) is 12.0 Å². The van der Waals surface area contributed by atoms with E-state index in [1.165, 1.54) is 5.56 Å². The number of amides is 1. The summed E-state index contributed by atoms with van der Waals surface area (Å²) in [6.07, 6.45) is 3.31. The van der Waals surface area contributed by atoms with Crippen molar-refractivity contribution in [3.63, 3.8) is 0 Å². The van der Waals surface area contributed by atoms with Crippen LogP contribution in [0.1, 0.15) is 42.3 Å². The van der Waals surface area contributed by atoms with E-state index >= 15 is 0 Å². The van der Waals surface area contributed by atoms with E-state index in [4.69, 9.17) is 0 Å². The van der Waals surface area contributed by atoms with Gasteiger partial charge in [-0.3, -0.25) is 9.78 Å². The van der Waals surface area contributed by atoms with Gasteiger partial charge in [-0.15, -0.1) is 0 Å². The first-order valence-electron chi connectivity index (χ1n) is 9.07. The third-order valence-electron chi connectivity index (χ3n) is 4.31. The Morgan fingerprint density at radius 3 is 2.41 bits per heavy atom. The number of nitrogens with zero attached hydrogens (tertiary/aromatic N) is 1. The Kier molecular flexibility index (Phi) is 5.55. The van der Waals surface area contributed by atoms with Crippen LogP contribution in [0.2, 0.25) is 0 Å². The molecule has 0 unspecified atom stereocenters. The number of para-hydroxylation sites is 1. The number of anilines is 2. The molecule has 0 aliphatic heterocycles. The molecule has 3 aromatic rings. The monoisotopic (exact) mass is 359 g/mol. The molecule has 0 saturated heterocycles. The van der Waals surface area contributed by atoms with Crippen LogP contribution in [0.3, 0.4) is 0 Å². The largest absolute Gasteiger partial charge is 0.354 e. The quantitative estimate of drug-likeness (QED) is 0.670. The lowest BCUT2D eigenvalue weighted by atomic mass is 9.86. The Labute approximate surface area is 160 Å². The number of nitrogens with one attached hydrogen (secondary N) is 2. The summed E-state index contributed by atoms with van der Waals surface area (Å²) in [4.78, 5) is 16.7. The second kappa shape index (κ2) is 8.04. The van der Waals surface area contributed by atoms with E-state index in [2.05, 4.69) is 42.5 Å². The first kappa shape index (κ1) is 18.6. The summed E-state index contributed by atoms with van der Waals surface area (Å²) in [5.41, 5.74) is 4.63. The van der Waals surface area contributed by atoms with Gasteiger partial charge in [-0.05, 0) is 28.7 Å². The van der Waals surface area contributed by atoms with Gasteiger partial charge in [0, 0.05) is 18.4 Å². The van der Waals surface area contributed by atoms with Crippen LogP contribution < -0.4 is 10.6 Å². The fourth-order valence-electron chi connectivity index (χ4n) is 2.91. The molecule has 0 aliphatic rings. The van der Waals surface area contributed by atoms with Gasteiger partial charge in [-0.1, -0.05) is 69.3 Å². The van der Waals surface area contributed by atoms with Crippen molar-refractivity contribution >= 4 is 17.3 Å². The molecule has 1 amide bonds. The zero-order valence-electron chi connectivity index (χ0n) is 16.0. The number of aromatic nitrogens is 1. The van der Waals surface area contributed by atoms with Crippen LogP contribution in [0.5, 0.6) is 0 Å². The third-order valence-corrected chi connectivity index (χ3v) is 4.31. The summed E-state index contributed by atoms with van der Waals surface area (Å²) in [6.45, 7) is 7.03. The predicted molar refractivity (Wildman–Crippen MR) is 110 cm³/mol. The molecule has 0 fully saturated rings. The van der Waals surface area contributed by atoms with Gasteiger partial charge in [0.1, 0.15) is 0 Å². The first-order valence-corrected chi connectivity index (χ1v) is 9.07. The van der Waals surface area contributed by atoms with Gasteiger partial charge in [-0.25, -0.2) is 0 Å². The summed E-state index contributed by atoms with van der Waals surface area (Å²) in [7, 11) is 0. The van der Waals surface area contributed by atoms with Crippen molar-refractivity contribution in [3.05, 3.63) is 89.7 Å². The lowest BCUT2D eigenvalue weighted by Crippen LogP contribution is -2.23. The van der Waals surface area contributed by atoms with E-state index in [1.54, 1.807) is 12.4 Å². The molecule has 0 spiro atoms. The van der Waals surface area contributed by atoms with Crippen LogP contribution in [0.25, 0.3) is 0 Å². The minimum Gasteiger partial charge on any atom is -0.354 e. The molecule has 138 valence electrons. The molecule has 27 heavy (non-hydrogen) atoms. The number of rotatable bonds is 5. The summed E-state index contributed by atoms with van der Waals surface area (Å²) < 4.78 is 0. The SMILES string of the molecule is CC(C)(C)c1ccccc1Nc1cncc(C(=O)NCc2ccccc2)c1. The lowest BCUT2D eigenvalue weighted by Gasteiger charge is -2.23. The standard InChI is InChI=1S/C23H25N3O/c1-23(2,3)20-11-7-8-12-21(20)26-19-13-18(15-24-16-19)22(27)25-14-17-9-5-4-6-10-17/h4-13,15-16,26H,14H2,1-3H3,(H,25,27). The van der Waals surface area contributed by atoms with E-state index in [1.807, 2.05) is 54.6 Å². The molecule has 4 nitrogen and oxygen atoms in total. The van der Waals surface area contributed by atoms with Crippen LogP contribution in [-0.4, -0.2) is 10.9 Å². The summed E-state index contributed by atoms with van der Waals surface area (Å²) >= 11 is 0. The van der Waals surface area contributed by atoms with Crippen molar-refractivity contribution in [3.8, 4) is 0 Å². The predicted octanol–water partition coefficient (Wildman–Crippen LogP) is 5.05. The highest BCUT2D eigenvalue weighted by Crippen LogP contribution is 2.31. The van der Waals surface area contributed by atoms with Crippen molar-refractivity contribution in [1.82, 2.24) is 10.3 Å². The molecule has 2 N–H and O–H groups in total. The van der Waals surface area contributed by atoms with Gasteiger partial charge in [0.15, 0.2) is 0 Å². The maximum atomic E-state index is 12.5. The zero-order chi connectivity index (χ0) is 19.3. The third kappa shape index (κ3) is 4.94. The second-order valence-electron chi connectivity index (χ2n) is 7.55. The summed E-state index contributed by atoms with van der Waals surface area (Å²) in [5.74, 6) is -0.140. The molecule has 4 heteroatoms. The molecule has 3 rings (SSSR count). The van der Waals surface area contributed by atoms with E-state index in [0.717, 1.165) is 16.9 Å². The molecule has 0 aliphatic carbocycles. The molecule has 1 aromatic heterocycles. The second-order valence-corrected chi connectivity index (χ2v) is 7.55. The van der Waals surface area contributed by atoms with E-state index < -0.39 is 0 Å². The van der Waals surface area contributed by atoms with Gasteiger partial charge in [-0.2, -0.15) is 0 Å². The van der Waals surface area contributed by atoms with E-state index in [-0.39, 0.29) is 11.3 Å². The molecule has 0 atom stereocenters. The normalized spacial score (nSPS) is 11.1. The minimum absolute atomic E-state index is 0.0156. The summed E-state index contributed by atoms with van der Waals surface area (Å²) in [5, 5.41) is 6.34. The smallest absolute Gasteiger partial charge is 0.253 e. The Hall–Kier alpha value is -3.14. The highest BCUT2D eigenvalue weighted by molar-refractivity contribution is 5.94. The number of hydrogen-bond acceptors (Lipinski definition) is 3. The fourth-order valence-corrected chi connectivity index (χ4v) is 2.91. The average Bonchev–Trinajstić information content (AvgIpc) is 2.67. The highest BCUT2D eigenvalue weighted by Gasteiger charge is 2.17. The van der Waals surface area contributed by atoms with Crippen molar-refractivity contribution in [2.24, 2.45) is 0 Å². The first-order chi connectivity index (χ1) is 12.9. The topological polar surface area (TPSA) is 54.0 Å². The molecule has 1 heterocycles. The molecule has 2 aromatic carbocycles. The van der Waals surface area contributed by atoms with Gasteiger partial charge in [0.25, 0.3) is 5.91 Å². The number of benzene rings is 2. The summed E-state index contributed by atoms with van der Waals surface area (Å²) in [6, 6.07) is 19.9. The van der Waals surface area contributed by atoms with Crippen molar-refractivity contribution in [2.75, 3.05) is 5.32 Å². The Balaban J connectivity index is 1.74. The van der Waals surface area contributed by atoms with Gasteiger partial charge < -0.3 is 10.6 Å². The Bertz CT molecular complexity index is 914. The van der Waals surface area contributed by atoms with Crippen LogP contribution >= 0.6 is 0 Å². The van der Waals surface area contributed by atoms with Gasteiger partial charge in [0.05, 0.1) is 17.4 Å². The maximum Gasteiger partial charge on any atom is 0.253 e. The maximum absolute atomic E-state index is 12.5.